The molecule has 0 bridgehead atoms. The van der Waals surface area contributed by atoms with E-state index >= 15 is 0 Å². The number of aliphatic carboxylic acids is 1. The van der Waals surface area contributed by atoms with Crippen LogP contribution in [0.4, 0.5) is 0 Å². The van der Waals surface area contributed by atoms with E-state index < -0.39 is 5.97 Å². The van der Waals surface area contributed by atoms with E-state index in [9.17, 15) is 9.59 Å². The second-order valence-electron chi connectivity index (χ2n) is 3.04. The van der Waals surface area contributed by atoms with E-state index in [2.05, 4.69) is 4.98 Å². The smallest absolute Gasteiger partial charge is 0.323 e. The van der Waals surface area contributed by atoms with Crippen LogP contribution in [0.1, 0.15) is 5.56 Å². The van der Waals surface area contributed by atoms with Gasteiger partial charge in [-0.15, -0.1) is 0 Å². The lowest BCUT2D eigenvalue weighted by Crippen LogP contribution is -2.32. The number of carbonyl (C=O) groups excluding carboxylic acids is 1. The van der Waals surface area contributed by atoms with Gasteiger partial charge < -0.3 is 15.0 Å². The summed E-state index contributed by atoms with van der Waals surface area (Å²) in [5.41, 5.74) is 0.854. The van der Waals surface area contributed by atoms with Gasteiger partial charge in [0.25, 0.3) is 0 Å². The highest BCUT2D eigenvalue weighted by Crippen LogP contribution is 2.00. The van der Waals surface area contributed by atoms with Crippen molar-refractivity contribution in [2.45, 2.75) is 6.42 Å². The third-order valence-corrected chi connectivity index (χ3v) is 1.82. The number of nitrogens with zero attached hydrogens (tertiary/aromatic N) is 1. The Balaban J connectivity index is 2.46. The van der Waals surface area contributed by atoms with Crippen molar-refractivity contribution in [1.29, 1.82) is 0 Å². The third kappa shape index (κ3) is 2.93. The van der Waals surface area contributed by atoms with Crippen LogP contribution in [0, 0.1) is 0 Å². The Kier molecular flexibility index (Phi) is 3.28. The lowest BCUT2D eigenvalue weighted by molar-refractivity contribution is -0.143. The predicted octanol–water partition coefficient (Wildman–Crippen LogP) is 0.100. The lowest BCUT2D eigenvalue weighted by atomic mass is 10.2. The predicted molar refractivity (Wildman–Crippen MR) is 49.8 cm³/mol. The van der Waals surface area contributed by atoms with E-state index in [1.165, 1.54) is 11.9 Å². The van der Waals surface area contributed by atoms with E-state index in [1.54, 1.807) is 18.5 Å². The van der Waals surface area contributed by atoms with Crippen molar-refractivity contribution in [3.63, 3.8) is 0 Å². The lowest BCUT2D eigenvalue weighted by Gasteiger charge is -2.13. The van der Waals surface area contributed by atoms with Crippen LogP contribution in [0.5, 0.6) is 0 Å². The van der Waals surface area contributed by atoms with Crippen molar-refractivity contribution in [1.82, 2.24) is 9.88 Å². The minimum atomic E-state index is -1.00. The summed E-state index contributed by atoms with van der Waals surface area (Å²) in [7, 11) is 1.48. The second-order valence-corrected chi connectivity index (χ2v) is 3.04. The molecule has 0 radical (unpaired) electrons. The first-order chi connectivity index (χ1) is 6.59. The van der Waals surface area contributed by atoms with E-state index in [-0.39, 0.29) is 18.9 Å². The van der Waals surface area contributed by atoms with Crippen molar-refractivity contribution in [2.24, 2.45) is 0 Å². The number of hydrogen-bond donors (Lipinski definition) is 2. The molecule has 0 aliphatic rings. The maximum Gasteiger partial charge on any atom is 0.323 e. The number of H-pyrrole nitrogens is 1. The first kappa shape index (κ1) is 10.3. The van der Waals surface area contributed by atoms with Crippen molar-refractivity contribution in [3.8, 4) is 0 Å². The Labute approximate surface area is 81.3 Å². The van der Waals surface area contributed by atoms with Gasteiger partial charge in [0.2, 0.25) is 5.91 Å². The van der Waals surface area contributed by atoms with Gasteiger partial charge in [-0.3, -0.25) is 9.59 Å². The number of amides is 1. The standard InChI is InChI=1S/C9H12N2O3/c1-11(6-9(13)14)8(12)4-7-2-3-10-5-7/h2-3,5,10H,4,6H2,1H3,(H,13,14). The zero-order chi connectivity index (χ0) is 10.6. The Morgan fingerprint density at radius 3 is 2.79 bits per heavy atom. The van der Waals surface area contributed by atoms with Crippen LogP contribution in [0.2, 0.25) is 0 Å². The molecule has 5 nitrogen and oxygen atoms in total. The van der Waals surface area contributed by atoms with Crippen LogP contribution in [0.25, 0.3) is 0 Å². The Bertz CT molecular complexity index is 319. The summed E-state index contributed by atoms with van der Waals surface area (Å²) in [5.74, 6) is -1.21. The largest absolute Gasteiger partial charge is 0.480 e. The molecule has 1 aromatic heterocycles. The molecular formula is C9H12N2O3. The van der Waals surface area contributed by atoms with Crippen LogP contribution >= 0.6 is 0 Å². The second kappa shape index (κ2) is 4.45. The fourth-order valence-corrected chi connectivity index (χ4v) is 1.07. The van der Waals surface area contributed by atoms with Crippen LogP contribution < -0.4 is 0 Å². The number of aromatic nitrogens is 1. The SMILES string of the molecule is CN(CC(=O)O)C(=O)Cc1cc[nH]c1. The van der Waals surface area contributed by atoms with Crippen molar-refractivity contribution < 1.29 is 14.7 Å². The molecule has 76 valence electrons. The minimum absolute atomic E-state index is 0.202. The van der Waals surface area contributed by atoms with Gasteiger partial charge in [-0.2, -0.15) is 0 Å². The van der Waals surface area contributed by atoms with Gasteiger partial charge in [-0.1, -0.05) is 0 Å². The Morgan fingerprint density at radius 1 is 1.57 bits per heavy atom. The van der Waals surface area contributed by atoms with E-state index in [0.717, 1.165) is 5.56 Å². The Hall–Kier alpha value is -1.78. The summed E-state index contributed by atoms with van der Waals surface area (Å²) in [4.78, 5) is 25.7. The summed E-state index contributed by atoms with van der Waals surface area (Å²) < 4.78 is 0. The van der Waals surface area contributed by atoms with Crippen LogP contribution in [0.15, 0.2) is 18.5 Å². The number of hydrogen-bond acceptors (Lipinski definition) is 2. The molecule has 1 aromatic rings. The number of carboxylic acids is 1. The average molecular weight is 196 g/mol. The molecule has 0 saturated heterocycles. The first-order valence-electron chi connectivity index (χ1n) is 4.17. The number of carboxylic acid groups (broad SMARTS) is 1. The first-order valence-corrected chi connectivity index (χ1v) is 4.17. The van der Waals surface area contributed by atoms with Gasteiger partial charge in [0.15, 0.2) is 0 Å². The summed E-state index contributed by atoms with van der Waals surface area (Å²) in [6.45, 7) is -0.261. The molecule has 0 fully saturated rings. The number of rotatable bonds is 4. The summed E-state index contributed by atoms with van der Waals surface area (Å²) >= 11 is 0. The summed E-state index contributed by atoms with van der Waals surface area (Å²) in [6, 6.07) is 1.78. The number of carbonyl (C=O) groups is 2. The fraction of sp³-hybridized carbons (Fsp3) is 0.333. The molecule has 0 unspecified atom stereocenters. The molecule has 0 spiro atoms. The van der Waals surface area contributed by atoms with Crippen molar-refractivity contribution in [2.75, 3.05) is 13.6 Å². The highest BCUT2D eigenvalue weighted by Gasteiger charge is 2.12. The molecule has 0 atom stereocenters. The molecule has 0 saturated carbocycles. The molecule has 2 N–H and O–H groups in total. The van der Waals surface area contributed by atoms with Gasteiger partial charge in [0.1, 0.15) is 6.54 Å². The maximum atomic E-state index is 11.4. The molecule has 14 heavy (non-hydrogen) atoms. The molecule has 1 heterocycles. The van der Waals surface area contributed by atoms with Crippen LogP contribution in [0.3, 0.4) is 0 Å². The van der Waals surface area contributed by atoms with Crippen LogP contribution in [-0.2, 0) is 16.0 Å². The normalized spacial score (nSPS) is 9.79. The molecular weight excluding hydrogens is 184 g/mol. The molecule has 0 aliphatic heterocycles. The number of aromatic amines is 1. The van der Waals surface area contributed by atoms with Gasteiger partial charge in [-0.25, -0.2) is 0 Å². The van der Waals surface area contributed by atoms with E-state index in [1.807, 2.05) is 0 Å². The highest BCUT2D eigenvalue weighted by atomic mass is 16.4. The van der Waals surface area contributed by atoms with Crippen molar-refractivity contribution >= 4 is 11.9 Å². The van der Waals surface area contributed by atoms with Crippen molar-refractivity contribution in [3.05, 3.63) is 24.0 Å². The van der Waals surface area contributed by atoms with Gasteiger partial charge in [0.05, 0.1) is 6.42 Å². The van der Waals surface area contributed by atoms with Gasteiger partial charge in [0, 0.05) is 19.4 Å². The van der Waals surface area contributed by atoms with Gasteiger partial charge in [-0.05, 0) is 11.6 Å². The fourth-order valence-electron chi connectivity index (χ4n) is 1.07. The maximum absolute atomic E-state index is 11.4. The summed E-state index contributed by atoms with van der Waals surface area (Å²) in [5, 5.41) is 8.46. The molecule has 0 aliphatic carbocycles. The van der Waals surface area contributed by atoms with E-state index in [4.69, 9.17) is 5.11 Å². The monoisotopic (exact) mass is 196 g/mol. The van der Waals surface area contributed by atoms with Gasteiger partial charge >= 0.3 is 5.97 Å². The molecule has 5 heteroatoms. The highest BCUT2D eigenvalue weighted by molar-refractivity contribution is 5.82. The third-order valence-electron chi connectivity index (χ3n) is 1.82. The summed E-state index contributed by atoms with van der Waals surface area (Å²) in [6.07, 6.45) is 3.67. The topological polar surface area (TPSA) is 73.4 Å². The zero-order valence-corrected chi connectivity index (χ0v) is 7.86. The molecule has 1 rings (SSSR count). The molecule has 1 amide bonds. The van der Waals surface area contributed by atoms with Crippen LogP contribution in [-0.4, -0.2) is 40.5 Å². The quantitative estimate of drug-likeness (QED) is 0.717. The number of likely N-dealkylation sites (N-methyl/N-ethyl adjacent to an activating group) is 1. The Morgan fingerprint density at radius 2 is 2.29 bits per heavy atom. The average Bonchev–Trinajstić information content (AvgIpc) is 2.55. The molecule has 0 aromatic carbocycles. The zero-order valence-electron chi connectivity index (χ0n) is 7.86. The minimum Gasteiger partial charge on any atom is -0.480 e. The van der Waals surface area contributed by atoms with E-state index in [0.29, 0.717) is 0 Å². The number of nitrogens with one attached hydrogen (secondary N) is 1.